The molecular weight excluding hydrogens is 480 g/mol. The van der Waals surface area contributed by atoms with Crippen molar-refractivity contribution < 1.29 is 43.4 Å². The molecule has 1 saturated carbocycles. The molecule has 2 fully saturated rings. The Balaban J connectivity index is 1.63. The molecule has 0 radical (unpaired) electrons. The highest BCUT2D eigenvalue weighted by Gasteiger charge is 2.66. The molecule has 37 heavy (non-hydrogen) atoms. The van der Waals surface area contributed by atoms with Crippen LogP contribution in [-0.4, -0.2) is 56.5 Å². The van der Waals surface area contributed by atoms with Crippen molar-refractivity contribution in [2.45, 2.75) is 49.2 Å². The van der Waals surface area contributed by atoms with Crippen LogP contribution in [0.15, 0.2) is 24.3 Å². The van der Waals surface area contributed by atoms with Crippen LogP contribution in [0, 0.1) is 11.8 Å². The Morgan fingerprint density at radius 1 is 0.865 bits per heavy atom. The van der Waals surface area contributed by atoms with E-state index in [-0.39, 0.29) is 13.4 Å². The predicted octanol–water partition coefficient (Wildman–Crippen LogP) is 3.26. The molecule has 0 spiro atoms. The minimum atomic E-state index is -1.71. The summed E-state index contributed by atoms with van der Waals surface area (Å²) in [6, 6.07) is 7.24. The Kier molecular flexibility index (Phi) is 5.69. The summed E-state index contributed by atoms with van der Waals surface area (Å²) in [7, 11) is 4.61. The number of carbonyl (C=O) groups is 1. The summed E-state index contributed by atoms with van der Waals surface area (Å²) in [5.74, 6) is 0.0295. The van der Waals surface area contributed by atoms with Gasteiger partial charge in [-0.2, -0.15) is 0 Å². The van der Waals surface area contributed by atoms with Gasteiger partial charge in [0.1, 0.15) is 5.60 Å². The zero-order valence-electron chi connectivity index (χ0n) is 21.2. The van der Waals surface area contributed by atoms with E-state index in [9.17, 15) is 15.0 Å². The van der Waals surface area contributed by atoms with Gasteiger partial charge in [-0.25, -0.2) is 0 Å². The van der Waals surface area contributed by atoms with Gasteiger partial charge in [0.25, 0.3) is 0 Å². The summed E-state index contributed by atoms with van der Waals surface area (Å²) >= 11 is 0. The van der Waals surface area contributed by atoms with E-state index in [0.717, 1.165) is 24.8 Å². The SMILES string of the molecule is COc1cc([C@@H]2c3cc4c(cc3[C@](O)(C3(O)CCCCC3)[C@@H]3COC(=O)[C@H]23)OCO4)cc(OC)c1OC. The molecule has 0 bridgehead atoms. The Labute approximate surface area is 215 Å². The number of cyclic esters (lactones) is 1. The van der Waals surface area contributed by atoms with Crippen molar-refractivity contribution in [3.63, 3.8) is 0 Å². The quantitative estimate of drug-likeness (QED) is 0.583. The molecule has 2 N–H and O–H groups in total. The molecule has 9 nitrogen and oxygen atoms in total. The summed E-state index contributed by atoms with van der Waals surface area (Å²) < 4.78 is 33.7. The van der Waals surface area contributed by atoms with Gasteiger partial charge in [-0.15, -0.1) is 0 Å². The highest BCUT2D eigenvalue weighted by molar-refractivity contribution is 5.79. The van der Waals surface area contributed by atoms with E-state index in [1.54, 1.807) is 6.07 Å². The standard InChI is InChI=1S/C28H32O9/c1-32-21-9-15(10-22(33-2)25(21)34-3)23-16-11-19-20(37-14-36-19)12-17(16)28(31,18-13-35-26(29)24(18)23)27(30)7-5-4-6-8-27/h9-12,18,23-24,30-31H,4-8,13-14H2,1-3H3/t18-,23-,24+,28-/m1/s1. The van der Waals surface area contributed by atoms with Crippen LogP contribution in [0.1, 0.15) is 54.7 Å². The fraction of sp³-hybridized carbons (Fsp3) is 0.536. The number of hydrogen-bond acceptors (Lipinski definition) is 9. The first kappa shape index (κ1) is 24.2. The van der Waals surface area contributed by atoms with Crippen LogP contribution in [0.25, 0.3) is 0 Å². The van der Waals surface area contributed by atoms with Gasteiger partial charge in [0.15, 0.2) is 23.0 Å². The van der Waals surface area contributed by atoms with Gasteiger partial charge < -0.3 is 38.6 Å². The lowest BCUT2D eigenvalue weighted by Gasteiger charge is -2.54. The molecule has 1 saturated heterocycles. The number of methoxy groups -OCH3 is 3. The summed E-state index contributed by atoms with van der Waals surface area (Å²) in [6.45, 7) is 0.0712. The lowest BCUT2D eigenvalue weighted by molar-refractivity contribution is -0.213. The molecule has 2 aromatic carbocycles. The van der Waals surface area contributed by atoms with E-state index in [0.29, 0.717) is 52.7 Å². The van der Waals surface area contributed by atoms with E-state index in [1.165, 1.54) is 21.3 Å². The molecule has 2 heterocycles. The van der Waals surface area contributed by atoms with Crippen LogP contribution in [-0.2, 0) is 15.1 Å². The van der Waals surface area contributed by atoms with Crippen molar-refractivity contribution in [3.8, 4) is 28.7 Å². The van der Waals surface area contributed by atoms with Crippen LogP contribution in [0.2, 0.25) is 0 Å². The molecule has 9 heteroatoms. The second-order valence-electron chi connectivity index (χ2n) is 10.4. The first-order valence-electron chi connectivity index (χ1n) is 12.7. The minimum absolute atomic E-state index is 0.0110. The fourth-order valence-electron chi connectivity index (χ4n) is 7.00. The maximum absolute atomic E-state index is 13.4. The third kappa shape index (κ3) is 3.33. The molecule has 0 aromatic heterocycles. The largest absolute Gasteiger partial charge is 0.493 e. The van der Waals surface area contributed by atoms with Crippen LogP contribution < -0.4 is 23.7 Å². The summed E-state index contributed by atoms with van der Waals surface area (Å²) in [4.78, 5) is 13.4. The Bertz CT molecular complexity index is 1210. The number of aliphatic hydroxyl groups is 2. The Morgan fingerprint density at radius 3 is 2.14 bits per heavy atom. The summed E-state index contributed by atoms with van der Waals surface area (Å²) in [5.41, 5.74) is -1.16. The van der Waals surface area contributed by atoms with Gasteiger partial charge in [0, 0.05) is 11.8 Å². The molecule has 2 aliphatic heterocycles. The van der Waals surface area contributed by atoms with Crippen molar-refractivity contribution in [2.75, 3.05) is 34.7 Å². The number of fused-ring (bicyclic) bond motifs is 3. The molecule has 2 aromatic rings. The van der Waals surface area contributed by atoms with Gasteiger partial charge in [-0.1, -0.05) is 19.3 Å². The Morgan fingerprint density at radius 2 is 1.51 bits per heavy atom. The molecule has 198 valence electrons. The molecule has 4 aliphatic rings. The van der Waals surface area contributed by atoms with Gasteiger partial charge >= 0.3 is 5.97 Å². The fourth-order valence-corrected chi connectivity index (χ4v) is 7.00. The third-order valence-corrected chi connectivity index (χ3v) is 8.73. The lowest BCUT2D eigenvalue weighted by Crippen LogP contribution is -2.61. The van der Waals surface area contributed by atoms with Gasteiger partial charge in [-0.3, -0.25) is 4.79 Å². The van der Waals surface area contributed by atoms with Crippen molar-refractivity contribution in [3.05, 3.63) is 41.0 Å². The maximum Gasteiger partial charge on any atom is 0.310 e. The zero-order valence-corrected chi connectivity index (χ0v) is 21.2. The number of ether oxygens (including phenoxy) is 6. The van der Waals surface area contributed by atoms with Gasteiger partial charge in [-0.05, 0) is 53.8 Å². The molecule has 0 amide bonds. The van der Waals surface area contributed by atoms with E-state index in [1.807, 2.05) is 18.2 Å². The highest BCUT2D eigenvalue weighted by Crippen LogP contribution is 2.62. The second kappa shape index (κ2) is 8.70. The first-order valence-corrected chi connectivity index (χ1v) is 12.7. The monoisotopic (exact) mass is 512 g/mol. The average Bonchev–Trinajstić information content (AvgIpc) is 3.54. The minimum Gasteiger partial charge on any atom is -0.493 e. The highest BCUT2D eigenvalue weighted by atomic mass is 16.7. The average molecular weight is 513 g/mol. The van der Waals surface area contributed by atoms with Crippen LogP contribution in [0.3, 0.4) is 0 Å². The van der Waals surface area contributed by atoms with Crippen LogP contribution in [0.4, 0.5) is 0 Å². The summed E-state index contributed by atoms with van der Waals surface area (Å²) in [5, 5.41) is 24.7. The molecular formula is C28H32O9. The van der Waals surface area contributed by atoms with E-state index < -0.39 is 34.9 Å². The normalized spacial score (nSPS) is 29.2. The van der Waals surface area contributed by atoms with Crippen molar-refractivity contribution >= 4 is 5.97 Å². The van der Waals surface area contributed by atoms with Crippen LogP contribution >= 0.6 is 0 Å². The van der Waals surface area contributed by atoms with E-state index >= 15 is 0 Å². The molecule has 6 rings (SSSR count). The first-order chi connectivity index (χ1) is 17.9. The smallest absolute Gasteiger partial charge is 0.310 e. The number of rotatable bonds is 5. The van der Waals surface area contributed by atoms with E-state index in [2.05, 4.69) is 0 Å². The van der Waals surface area contributed by atoms with Gasteiger partial charge in [0.2, 0.25) is 12.5 Å². The second-order valence-corrected chi connectivity index (χ2v) is 10.4. The van der Waals surface area contributed by atoms with E-state index in [4.69, 9.17) is 28.4 Å². The number of benzene rings is 2. The Hall–Kier alpha value is -3.17. The van der Waals surface area contributed by atoms with Crippen molar-refractivity contribution in [1.82, 2.24) is 0 Å². The third-order valence-electron chi connectivity index (χ3n) is 8.73. The van der Waals surface area contributed by atoms with Crippen molar-refractivity contribution in [2.24, 2.45) is 11.8 Å². The molecule has 0 unspecified atom stereocenters. The van der Waals surface area contributed by atoms with Crippen LogP contribution in [0.5, 0.6) is 28.7 Å². The summed E-state index contributed by atoms with van der Waals surface area (Å²) in [6.07, 6.45) is 3.44. The molecule has 2 aliphatic carbocycles. The number of carbonyl (C=O) groups excluding carboxylic acids is 1. The maximum atomic E-state index is 13.4. The lowest BCUT2D eigenvalue weighted by atomic mass is 9.54. The zero-order chi connectivity index (χ0) is 25.9. The number of esters is 1. The van der Waals surface area contributed by atoms with Gasteiger partial charge in [0.05, 0.1) is 39.5 Å². The molecule has 4 atom stereocenters. The van der Waals surface area contributed by atoms with Crippen molar-refractivity contribution in [1.29, 1.82) is 0 Å². The topological polar surface area (TPSA) is 113 Å². The number of hydrogen-bond donors (Lipinski definition) is 2. The predicted molar refractivity (Wildman–Crippen MR) is 130 cm³/mol.